The van der Waals surface area contributed by atoms with Gasteiger partial charge in [0.05, 0.1) is 0 Å². The summed E-state index contributed by atoms with van der Waals surface area (Å²) >= 11 is 0. The van der Waals surface area contributed by atoms with Gasteiger partial charge >= 0.3 is 0 Å². The first-order chi connectivity index (χ1) is 9.33. The van der Waals surface area contributed by atoms with Crippen LogP contribution in [0.2, 0.25) is 0 Å². The summed E-state index contributed by atoms with van der Waals surface area (Å²) in [7, 11) is 0. The fourth-order valence-electron chi connectivity index (χ4n) is 1.98. The Morgan fingerprint density at radius 2 is 2.00 bits per heavy atom. The Bertz CT molecular complexity index is 675. The van der Waals surface area contributed by atoms with Gasteiger partial charge in [-0.05, 0) is 43.2 Å². The van der Waals surface area contributed by atoms with Gasteiger partial charge < -0.3 is 5.32 Å². The molecule has 0 fully saturated rings. The molecule has 0 radical (unpaired) electrons. The molecule has 0 saturated carbocycles. The number of hydrogen-bond donors (Lipinski definition) is 1. The van der Waals surface area contributed by atoms with E-state index in [1.165, 1.54) is 5.56 Å². The van der Waals surface area contributed by atoms with Gasteiger partial charge in [0, 0.05) is 24.6 Å². The van der Waals surface area contributed by atoms with Gasteiger partial charge in [-0.25, -0.2) is 4.52 Å². The zero-order valence-electron chi connectivity index (χ0n) is 10.7. The molecule has 3 aromatic rings. The summed E-state index contributed by atoms with van der Waals surface area (Å²) < 4.78 is 1.84. The maximum Gasteiger partial charge on any atom is 0.243 e. The average Bonchev–Trinajstić information content (AvgIpc) is 2.84. The summed E-state index contributed by atoms with van der Waals surface area (Å²) in [6.07, 6.45) is 4.54. The second kappa shape index (κ2) is 5.06. The molecule has 0 spiro atoms. The minimum absolute atomic E-state index is 0.670. The van der Waals surface area contributed by atoms with Crippen molar-refractivity contribution in [2.45, 2.75) is 13.3 Å². The molecule has 0 aliphatic rings. The number of fused-ring (bicyclic) bond motifs is 1. The summed E-state index contributed by atoms with van der Waals surface area (Å²) in [6.45, 7) is 2.82. The lowest BCUT2D eigenvalue weighted by Crippen LogP contribution is -2.06. The van der Waals surface area contributed by atoms with Gasteiger partial charge in [-0.3, -0.25) is 4.98 Å². The number of pyridine rings is 2. The maximum absolute atomic E-state index is 4.43. The minimum Gasteiger partial charge on any atom is -0.353 e. The van der Waals surface area contributed by atoms with Crippen LogP contribution >= 0.6 is 0 Å². The average molecular weight is 253 g/mol. The summed E-state index contributed by atoms with van der Waals surface area (Å²) in [5.41, 5.74) is 3.20. The van der Waals surface area contributed by atoms with Gasteiger partial charge in [0.1, 0.15) is 0 Å². The molecule has 96 valence electrons. The van der Waals surface area contributed by atoms with Crippen molar-refractivity contribution < 1.29 is 0 Å². The third kappa shape index (κ3) is 2.54. The molecular weight excluding hydrogens is 238 g/mol. The molecule has 0 bridgehead atoms. The van der Waals surface area contributed by atoms with Gasteiger partial charge in [0.2, 0.25) is 5.95 Å². The van der Waals surface area contributed by atoms with Gasteiger partial charge in [-0.15, -0.1) is 5.10 Å². The van der Waals surface area contributed by atoms with Crippen LogP contribution in [-0.4, -0.2) is 26.1 Å². The first-order valence-corrected chi connectivity index (χ1v) is 6.28. The zero-order chi connectivity index (χ0) is 13.1. The molecule has 0 amide bonds. The van der Waals surface area contributed by atoms with E-state index in [0.717, 1.165) is 24.3 Å². The zero-order valence-corrected chi connectivity index (χ0v) is 10.7. The van der Waals surface area contributed by atoms with E-state index < -0.39 is 0 Å². The summed E-state index contributed by atoms with van der Waals surface area (Å²) in [4.78, 5) is 8.43. The van der Waals surface area contributed by atoms with Crippen LogP contribution in [0.3, 0.4) is 0 Å². The van der Waals surface area contributed by atoms with Crippen molar-refractivity contribution in [3.8, 4) is 0 Å². The van der Waals surface area contributed by atoms with Crippen molar-refractivity contribution in [2.24, 2.45) is 0 Å². The molecule has 1 N–H and O–H groups in total. The van der Waals surface area contributed by atoms with Crippen LogP contribution in [0, 0.1) is 6.92 Å². The molecule has 3 heterocycles. The maximum atomic E-state index is 4.43. The lowest BCUT2D eigenvalue weighted by Gasteiger charge is -2.01. The van der Waals surface area contributed by atoms with E-state index in [1.54, 1.807) is 0 Å². The van der Waals surface area contributed by atoms with Crippen LogP contribution in [0.4, 0.5) is 5.95 Å². The van der Waals surface area contributed by atoms with Crippen LogP contribution in [0.25, 0.3) is 5.65 Å². The highest BCUT2D eigenvalue weighted by atomic mass is 15.3. The molecule has 5 nitrogen and oxygen atoms in total. The fraction of sp³-hybridized carbons (Fsp3) is 0.214. The van der Waals surface area contributed by atoms with E-state index in [2.05, 4.69) is 20.4 Å². The fourth-order valence-corrected chi connectivity index (χ4v) is 1.98. The molecule has 0 unspecified atom stereocenters. The highest BCUT2D eigenvalue weighted by molar-refractivity contribution is 5.44. The summed E-state index contributed by atoms with van der Waals surface area (Å²) in [5.74, 6) is 0.670. The Morgan fingerprint density at radius 1 is 1.16 bits per heavy atom. The van der Waals surface area contributed by atoms with Gasteiger partial charge in [0.25, 0.3) is 0 Å². The van der Waals surface area contributed by atoms with Crippen LogP contribution in [0.1, 0.15) is 11.3 Å². The van der Waals surface area contributed by atoms with Gasteiger partial charge in [-0.2, -0.15) is 4.98 Å². The Labute approximate surface area is 111 Å². The summed E-state index contributed by atoms with van der Waals surface area (Å²) in [5, 5.41) is 7.67. The number of aryl methyl sites for hydroxylation is 1. The van der Waals surface area contributed by atoms with Crippen molar-refractivity contribution in [1.29, 1.82) is 0 Å². The largest absolute Gasteiger partial charge is 0.353 e. The van der Waals surface area contributed by atoms with Crippen LogP contribution in [0.5, 0.6) is 0 Å². The predicted molar refractivity (Wildman–Crippen MR) is 74.2 cm³/mol. The first-order valence-electron chi connectivity index (χ1n) is 6.28. The van der Waals surface area contributed by atoms with Crippen molar-refractivity contribution >= 4 is 11.6 Å². The molecule has 0 aromatic carbocycles. The van der Waals surface area contributed by atoms with Crippen LogP contribution in [-0.2, 0) is 6.42 Å². The molecule has 3 aromatic heterocycles. The molecule has 0 atom stereocenters. The Kier molecular flexibility index (Phi) is 3.10. The van der Waals surface area contributed by atoms with Gasteiger partial charge in [-0.1, -0.05) is 6.07 Å². The number of nitrogens with zero attached hydrogens (tertiary/aromatic N) is 4. The standard InChI is InChI=1S/C14H15N5/c1-11-3-2-4-13-17-14(18-19(11)13)16-10-7-12-5-8-15-9-6-12/h2-6,8-9H,7,10H2,1H3,(H,16,18). The van der Waals surface area contributed by atoms with E-state index in [-0.39, 0.29) is 0 Å². The second-order valence-electron chi connectivity index (χ2n) is 4.40. The molecule has 0 aliphatic carbocycles. The van der Waals surface area contributed by atoms with E-state index in [4.69, 9.17) is 0 Å². The van der Waals surface area contributed by atoms with Crippen molar-refractivity contribution in [3.05, 3.63) is 54.0 Å². The van der Waals surface area contributed by atoms with Crippen LogP contribution in [0.15, 0.2) is 42.7 Å². The normalized spacial score (nSPS) is 10.8. The molecule has 19 heavy (non-hydrogen) atoms. The lowest BCUT2D eigenvalue weighted by atomic mass is 10.2. The summed E-state index contributed by atoms with van der Waals surface area (Å²) in [6, 6.07) is 9.99. The Morgan fingerprint density at radius 3 is 2.79 bits per heavy atom. The number of aromatic nitrogens is 4. The molecular formula is C14H15N5. The quantitative estimate of drug-likeness (QED) is 0.773. The number of anilines is 1. The predicted octanol–water partition coefficient (Wildman–Crippen LogP) is 2.09. The SMILES string of the molecule is Cc1cccc2nc(NCCc3ccncc3)nn12. The van der Waals surface area contributed by atoms with E-state index in [9.17, 15) is 0 Å². The Balaban J connectivity index is 1.67. The van der Waals surface area contributed by atoms with E-state index in [1.807, 2.05) is 54.2 Å². The lowest BCUT2D eigenvalue weighted by molar-refractivity contribution is 0.903. The number of hydrogen-bond acceptors (Lipinski definition) is 4. The molecule has 0 saturated heterocycles. The van der Waals surface area contributed by atoms with E-state index >= 15 is 0 Å². The smallest absolute Gasteiger partial charge is 0.243 e. The Hall–Kier alpha value is -2.43. The van der Waals surface area contributed by atoms with Gasteiger partial charge in [0.15, 0.2) is 5.65 Å². The molecule has 5 heteroatoms. The van der Waals surface area contributed by atoms with Crippen molar-refractivity contribution in [1.82, 2.24) is 19.6 Å². The van der Waals surface area contributed by atoms with Crippen molar-refractivity contribution in [2.75, 3.05) is 11.9 Å². The number of rotatable bonds is 4. The second-order valence-corrected chi connectivity index (χ2v) is 4.40. The topological polar surface area (TPSA) is 55.1 Å². The van der Waals surface area contributed by atoms with Crippen molar-refractivity contribution in [3.63, 3.8) is 0 Å². The number of nitrogens with one attached hydrogen (secondary N) is 1. The minimum atomic E-state index is 0.670. The third-order valence-electron chi connectivity index (χ3n) is 3.00. The molecule has 0 aliphatic heterocycles. The third-order valence-corrected chi connectivity index (χ3v) is 3.00. The van der Waals surface area contributed by atoms with Crippen LogP contribution < -0.4 is 5.32 Å². The monoisotopic (exact) mass is 253 g/mol. The first kappa shape index (κ1) is 11.6. The highest BCUT2D eigenvalue weighted by Gasteiger charge is 2.03. The molecule has 3 rings (SSSR count). The van der Waals surface area contributed by atoms with E-state index in [0.29, 0.717) is 5.95 Å². The highest BCUT2D eigenvalue weighted by Crippen LogP contribution is 2.08.